The van der Waals surface area contributed by atoms with Crippen molar-refractivity contribution in [3.63, 3.8) is 0 Å². The molecule has 4 aromatic rings. The summed E-state index contributed by atoms with van der Waals surface area (Å²) in [6, 6.07) is 14.3. The van der Waals surface area contributed by atoms with Crippen LogP contribution in [0.25, 0.3) is 22.0 Å². The van der Waals surface area contributed by atoms with Crippen molar-refractivity contribution in [3.05, 3.63) is 59.4 Å². The van der Waals surface area contributed by atoms with Crippen LogP contribution in [0, 0.1) is 0 Å². The van der Waals surface area contributed by atoms with Crippen molar-refractivity contribution in [2.45, 2.75) is 0 Å². The van der Waals surface area contributed by atoms with Gasteiger partial charge in [0.15, 0.2) is 10.3 Å². The van der Waals surface area contributed by atoms with Crippen molar-refractivity contribution in [1.82, 2.24) is 9.97 Å². The molecule has 6 nitrogen and oxygen atoms in total. The second-order valence-electron chi connectivity index (χ2n) is 6.03. The Morgan fingerprint density at radius 3 is 2.45 bits per heavy atom. The lowest BCUT2D eigenvalue weighted by Crippen LogP contribution is -2.18. The van der Waals surface area contributed by atoms with Crippen LogP contribution in [0.1, 0.15) is 0 Å². The van der Waals surface area contributed by atoms with Gasteiger partial charge in [-0.25, -0.2) is 9.97 Å². The van der Waals surface area contributed by atoms with Gasteiger partial charge in [-0.3, -0.25) is 9.59 Å². The molecule has 29 heavy (non-hydrogen) atoms. The molecule has 0 saturated heterocycles. The number of anilines is 2. The van der Waals surface area contributed by atoms with E-state index in [2.05, 4.69) is 44.9 Å². The third-order valence-electron chi connectivity index (χ3n) is 3.94. The Kier molecular flexibility index (Phi) is 6.18. The standard InChI is InChI=1S/C20H16N4O2S3/c25-17(23-19-21-7-8-28-19)11-27-12-18(26)24-20-22-16(10-29-20)15-6-5-13-3-1-2-4-14(13)9-15/h1-10H,11-12H2,(H,21,23,25)(H,22,24,26). The fourth-order valence-corrected chi connectivity index (χ4v) is 4.54. The minimum absolute atomic E-state index is 0.175. The van der Waals surface area contributed by atoms with Crippen molar-refractivity contribution in [1.29, 1.82) is 0 Å². The molecular formula is C20H16N4O2S3. The van der Waals surface area contributed by atoms with Crippen LogP contribution in [-0.2, 0) is 9.59 Å². The topological polar surface area (TPSA) is 84.0 Å². The third-order valence-corrected chi connectivity index (χ3v) is 6.32. The normalized spacial score (nSPS) is 10.8. The Balaban J connectivity index is 1.29. The molecule has 0 unspecified atom stereocenters. The van der Waals surface area contributed by atoms with Crippen LogP contribution in [-0.4, -0.2) is 33.3 Å². The smallest absolute Gasteiger partial charge is 0.236 e. The maximum Gasteiger partial charge on any atom is 0.236 e. The number of aromatic nitrogens is 2. The van der Waals surface area contributed by atoms with Crippen LogP contribution in [0.15, 0.2) is 59.4 Å². The minimum Gasteiger partial charge on any atom is -0.301 e. The lowest BCUT2D eigenvalue weighted by Gasteiger charge is -2.03. The van der Waals surface area contributed by atoms with E-state index in [1.54, 1.807) is 11.6 Å². The zero-order valence-corrected chi connectivity index (χ0v) is 17.6. The predicted octanol–water partition coefficient (Wildman–Crippen LogP) is 4.73. The van der Waals surface area contributed by atoms with E-state index in [1.165, 1.54) is 39.8 Å². The summed E-state index contributed by atoms with van der Waals surface area (Å²) < 4.78 is 0. The van der Waals surface area contributed by atoms with Crippen molar-refractivity contribution >= 4 is 67.3 Å². The fourth-order valence-electron chi connectivity index (χ4n) is 2.64. The van der Waals surface area contributed by atoms with E-state index < -0.39 is 0 Å². The first-order valence-corrected chi connectivity index (χ1v) is 11.6. The first-order chi connectivity index (χ1) is 14.2. The van der Waals surface area contributed by atoms with E-state index >= 15 is 0 Å². The molecule has 2 aromatic carbocycles. The molecule has 4 rings (SSSR count). The molecule has 0 bridgehead atoms. The Bertz CT molecular complexity index is 1140. The molecule has 146 valence electrons. The molecule has 0 aliphatic rings. The molecule has 0 spiro atoms. The Hall–Kier alpha value is -2.75. The van der Waals surface area contributed by atoms with Gasteiger partial charge >= 0.3 is 0 Å². The first-order valence-electron chi connectivity index (χ1n) is 8.69. The molecule has 0 fully saturated rings. The maximum atomic E-state index is 12.1. The summed E-state index contributed by atoms with van der Waals surface area (Å²) in [4.78, 5) is 32.4. The van der Waals surface area contributed by atoms with Gasteiger partial charge in [0.05, 0.1) is 17.2 Å². The zero-order valence-electron chi connectivity index (χ0n) is 15.1. The highest BCUT2D eigenvalue weighted by Gasteiger charge is 2.10. The molecule has 0 saturated carbocycles. The number of carbonyl (C=O) groups is 2. The SMILES string of the molecule is O=C(CSCC(=O)Nc1nc(-c2ccc3ccccc3c2)cs1)Nc1nccs1. The number of amides is 2. The molecule has 2 N–H and O–H groups in total. The molecule has 0 atom stereocenters. The highest BCUT2D eigenvalue weighted by atomic mass is 32.2. The Morgan fingerprint density at radius 1 is 0.931 bits per heavy atom. The lowest BCUT2D eigenvalue weighted by atomic mass is 10.1. The number of carbonyl (C=O) groups excluding carboxylic acids is 2. The number of nitrogens with zero attached hydrogens (tertiary/aromatic N) is 2. The van der Waals surface area contributed by atoms with E-state index in [0.29, 0.717) is 10.3 Å². The van der Waals surface area contributed by atoms with E-state index in [9.17, 15) is 9.59 Å². The monoisotopic (exact) mass is 440 g/mol. The zero-order chi connectivity index (χ0) is 20.1. The molecule has 0 radical (unpaired) electrons. The quantitative estimate of drug-likeness (QED) is 0.434. The number of benzene rings is 2. The van der Waals surface area contributed by atoms with Gasteiger partial charge < -0.3 is 10.6 Å². The van der Waals surface area contributed by atoms with Crippen LogP contribution >= 0.6 is 34.4 Å². The van der Waals surface area contributed by atoms with Gasteiger partial charge in [-0.15, -0.1) is 34.4 Å². The molecule has 2 aromatic heterocycles. The summed E-state index contributed by atoms with van der Waals surface area (Å²) in [6.45, 7) is 0. The van der Waals surface area contributed by atoms with Gasteiger partial charge in [0, 0.05) is 22.5 Å². The third kappa shape index (κ3) is 5.20. The van der Waals surface area contributed by atoms with Crippen LogP contribution < -0.4 is 10.6 Å². The van der Waals surface area contributed by atoms with Gasteiger partial charge in [-0.1, -0.05) is 36.4 Å². The van der Waals surface area contributed by atoms with E-state index in [1.807, 2.05) is 23.6 Å². The average Bonchev–Trinajstić information content (AvgIpc) is 3.40. The lowest BCUT2D eigenvalue weighted by molar-refractivity contribution is -0.114. The summed E-state index contributed by atoms with van der Waals surface area (Å²) in [5, 5.41) is 12.6. The largest absolute Gasteiger partial charge is 0.301 e. The maximum absolute atomic E-state index is 12.1. The van der Waals surface area contributed by atoms with E-state index in [0.717, 1.165) is 16.6 Å². The second-order valence-corrected chi connectivity index (χ2v) is 8.76. The summed E-state index contributed by atoms with van der Waals surface area (Å²) in [5.41, 5.74) is 1.83. The summed E-state index contributed by atoms with van der Waals surface area (Å²) >= 11 is 3.98. The number of hydrogen-bond acceptors (Lipinski definition) is 7. The fraction of sp³-hybridized carbons (Fsp3) is 0.100. The van der Waals surface area contributed by atoms with Gasteiger partial charge in [-0.2, -0.15) is 0 Å². The number of hydrogen-bond donors (Lipinski definition) is 2. The molecule has 2 heterocycles. The van der Waals surface area contributed by atoms with Crippen molar-refractivity contribution in [2.75, 3.05) is 22.1 Å². The number of thioether (sulfide) groups is 1. The minimum atomic E-state index is -0.184. The molecule has 0 aliphatic heterocycles. The molecule has 0 aliphatic carbocycles. The van der Waals surface area contributed by atoms with Crippen LogP contribution in [0.5, 0.6) is 0 Å². The number of rotatable bonds is 7. The number of thiazole rings is 2. The Labute approximate surface area is 179 Å². The number of fused-ring (bicyclic) bond motifs is 1. The highest BCUT2D eigenvalue weighted by Crippen LogP contribution is 2.27. The van der Waals surface area contributed by atoms with Gasteiger partial charge in [0.2, 0.25) is 11.8 Å². The van der Waals surface area contributed by atoms with E-state index in [-0.39, 0.29) is 23.3 Å². The summed E-state index contributed by atoms with van der Waals surface area (Å²) in [7, 11) is 0. The van der Waals surface area contributed by atoms with Crippen molar-refractivity contribution in [3.8, 4) is 11.3 Å². The highest BCUT2D eigenvalue weighted by molar-refractivity contribution is 8.00. The van der Waals surface area contributed by atoms with Crippen molar-refractivity contribution in [2.24, 2.45) is 0 Å². The average molecular weight is 441 g/mol. The van der Waals surface area contributed by atoms with Crippen LogP contribution in [0.4, 0.5) is 10.3 Å². The molecule has 9 heteroatoms. The first kappa shape index (κ1) is 19.6. The Morgan fingerprint density at radius 2 is 1.69 bits per heavy atom. The second kappa shape index (κ2) is 9.17. The number of nitrogens with one attached hydrogen (secondary N) is 2. The predicted molar refractivity (Wildman–Crippen MR) is 122 cm³/mol. The molecular weight excluding hydrogens is 424 g/mol. The van der Waals surface area contributed by atoms with Gasteiger partial charge in [-0.05, 0) is 16.8 Å². The van der Waals surface area contributed by atoms with Gasteiger partial charge in [0.1, 0.15) is 0 Å². The molecule has 2 amide bonds. The van der Waals surface area contributed by atoms with Crippen LogP contribution in [0.2, 0.25) is 0 Å². The summed E-state index contributed by atoms with van der Waals surface area (Å²) in [6.07, 6.45) is 1.63. The van der Waals surface area contributed by atoms with Crippen LogP contribution in [0.3, 0.4) is 0 Å². The van der Waals surface area contributed by atoms with E-state index in [4.69, 9.17) is 0 Å². The summed E-state index contributed by atoms with van der Waals surface area (Å²) in [5.74, 6) is 0.00526. The van der Waals surface area contributed by atoms with Gasteiger partial charge in [0.25, 0.3) is 0 Å². The van der Waals surface area contributed by atoms with Crippen molar-refractivity contribution < 1.29 is 9.59 Å².